The molecule has 0 amide bonds. The van der Waals surface area contributed by atoms with Gasteiger partial charge in [-0.15, -0.1) is 0 Å². The first kappa shape index (κ1) is 9.65. The Bertz CT molecular complexity index is 289. The van der Waals surface area contributed by atoms with E-state index in [1.807, 2.05) is 0 Å². The largest absolute Gasteiger partial charge is 0.339 e. The van der Waals surface area contributed by atoms with Crippen LogP contribution in [-0.2, 0) is 0 Å². The summed E-state index contributed by atoms with van der Waals surface area (Å²) in [5, 5.41) is 8.34. The van der Waals surface area contributed by atoms with E-state index in [1.165, 1.54) is 0 Å². The van der Waals surface area contributed by atoms with E-state index in [4.69, 9.17) is 4.52 Å². The van der Waals surface area contributed by atoms with Crippen LogP contribution in [-0.4, -0.2) is 23.2 Å². The molecule has 1 saturated heterocycles. The summed E-state index contributed by atoms with van der Waals surface area (Å²) in [6.07, 6.45) is 2.13. The lowest BCUT2D eigenvalue weighted by Crippen LogP contribution is -2.21. The lowest BCUT2D eigenvalue weighted by molar-refractivity contribution is 0.350. The fraction of sp³-hybridized carbons (Fsp3) is 0.800. The van der Waals surface area contributed by atoms with E-state index in [9.17, 15) is 0 Å². The SMILES string of the molecule is CC(C)c1nc(C2CC[N]CC2)no1. The zero-order valence-electron chi connectivity index (χ0n) is 8.73. The van der Waals surface area contributed by atoms with Crippen molar-refractivity contribution in [3.63, 3.8) is 0 Å². The van der Waals surface area contributed by atoms with Crippen LogP contribution in [0.15, 0.2) is 4.52 Å². The van der Waals surface area contributed by atoms with Crippen LogP contribution in [0.5, 0.6) is 0 Å². The van der Waals surface area contributed by atoms with Crippen molar-refractivity contribution in [2.45, 2.75) is 38.5 Å². The van der Waals surface area contributed by atoms with Gasteiger partial charge in [-0.25, -0.2) is 5.32 Å². The smallest absolute Gasteiger partial charge is 0.229 e. The third-order valence-corrected chi connectivity index (χ3v) is 2.59. The molecule has 2 rings (SSSR count). The Hall–Kier alpha value is -0.900. The van der Waals surface area contributed by atoms with E-state index in [0.717, 1.165) is 37.6 Å². The maximum Gasteiger partial charge on any atom is 0.229 e. The van der Waals surface area contributed by atoms with E-state index < -0.39 is 0 Å². The Kier molecular flexibility index (Phi) is 2.82. The van der Waals surface area contributed by atoms with E-state index in [-0.39, 0.29) is 0 Å². The summed E-state index contributed by atoms with van der Waals surface area (Å²) in [4.78, 5) is 4.41. The first-order valence-electron chi connectivity index (χ1n) is 5.24. The second kappa shape index (κ2) is 4.09. The van der Waals surface area contributed by atoms with Gasteiger partial charge in [0.25, 0.3) is 0 Å². The number of piperidine rings is 1. The second-order valence-corrected chi connectivity index (χ2v) is 4.09. The van der Waals surface area contributed by atoms with Crippen LogP contribution in [0.3, 0.4) is 0 Å². The van der Waals surface area contributed by atoms with Crippen molar-refractivity contribution in [2.75, 3.05) is 13.1 Å². The summed E-state index contributed by atoms with van der Waals surface area (Å²) in [6, 6.07) is 0. The summed E-state index contributed by atoms with van der Waals surface area (Å²) < 4.78 is 5.19. The molecule has 1 fully saturated rings. The highest BCUT2D eigenvalue weighted by atomic mass is 16.5. The Labute approximate surface area is 84.1 Å². The number of hydrogen-bond acceptors (Lipinski definition) is 3. The van der Waals surface area contributed by atoms with Crippen LogP contribution in [0, 0.1) is 0 Å². The first-order valence-corrected chi connectivity index (χ1v) is 5.24. The Morgan fingerprint density at radius 1 is 1.29 bits per heavy atom. The predicted molar refractivity (Wildman–Crippen MR) is 52.2 cm³/mol. The first-order chi connectivity index (χ1) is 6.77. The minimum Gasteiger partial charge on any atom is -0.339 e. The molecule has 1 aromatic heterocycles. The molecule has 0 bridgehead atoms. The van der Waals surface area contributed by atoms with Crippen LogP contribution in [0.4, 0.5) is 0 Å². The van der Waals surface area contributed by atoms with Gasteiger partial charge >= 0.3 is 0 Å². The molecular formula is C10H16N3O. The highest BCUT2D eigenvalue weighted by Crippen LogP contribution is 2.24. The van der Waals surface area contributed by atoms with Crippen LogP contribution >= 0.6 is 0 Å². The highest BCUT2D eigenvalue weighted by Gasteiger charge is 2.21. The molecule has 1 aromatic rings. The van der Waals surface area contributed by atoms with Gasteiger partial charge < -0.3 is 4.52 Å². The molecule has 14 heavy (non-hydrogen) atoms. The molecular weight excluding hydrogens is 178 g/mol. The average molecular weight is 194 g/mol. The van der Waals surface area contributed by atoms with Gasteiger partial charge in [-0.1, -0.05) is 19.0 Å². The van der Waals surface area contributed by atoms with Crippen molar-refractivity contribution < 1.29 is 4.52 Å². The molecule has 1 aliphatic heterocycles. The van der Waals surface area contributed by atoms with E-state index in [0.29, 0.717) is 11.8 Å². The standard InChI is InChI=1S/C10H16N3O/c1-7(2)10-12-9(13-14-10)8-3-5-11-6-4-8/h7-8H,3-6H2,1-2H3. The molecule has 77 valence electrons. The van der Waals surface area contributed by atoms with Crippen molar-refractivity contribution in [3.05, 3.63) is 11.7 Å². The minimum atomic E-state index is 0.324. The van der Waals surface area contributed by atoms with Crippen molar-refractivity contribution in [1.29, 1.82) is 0 Å². The van der Waals surface area contributed by atoms with Crippen LogP contribution in [0.2, 0.25) is 0 Å². The quantitative estimate of drug-likeness (QED) is 0.719. The fourth-order valence-corrected chi connectivity index (χ4v) is 1.66. The number of hydrogen-bond donors (Lipinski definition) is 0. The molecule has 0 aromatic carbocycles. The maximum atomic E-state index is 5.19. The van der Waals surface area contributed by atoms with E-state index >= 15 is 0 Å². The summed E-state index contributed by atoms with van der Waals surface area (Å²) >= 11 is 0. The lowest BCUT2D eigenvalue weighted by atomic mass is 9.98. The number of nitrogens with zero attached hydrogens (tertiary/aromatic N) is 3. The third kappa shape index (κ3) is 1.95. The van der Waals surface area contributed by atoms with Gasteiger partial charge in [0.15, 0.2) is 5.82 Å². The predicted octanol–water partition coefficient (Wildman–Crippen LogP) is 1.67. The monoisotopic (exact) mass is 194 g/mol. The molecule has 0 spiro atoms. The van der Waals surface area contributed by atoms with Gasteiger partial charge in [0, 0.05) is 24.9 Å². The molecule has 0 saturated carbocycles. The summed E-state index contributed by atoms with van der Waals surface area (Å²) in [7, 11) is 0. The van der Waals surface area contributed by atoms with Gasteiger partial charge in [0.1, 0.15) is 0 Å². The Morgan fingerprint density at radius 2 is 2.00 bits per heavy atom. The zero-order valence-corrected chi connectivity index (χ0v) is 8.73. The minimum absolute atomic E-state index is 0.324. The molecule has 1 aliphatic rings. The van der Waals surface area contributed by atoms with Crippen molar-refractivity contribution in [2.24, 2.45) is 0 Å². The molecule has 4 heteroatoms. The number of aromatic nitrogens is 2. The summed E-state index contributed by atoms with van der Waals surface area (Å²) in [6.45, 7) is 6.01. The van der Waals surface area contributed by atoms with Crippen molar-refractivity contribution >= 4 is 0 Å². The number of rotatable bonds is 2. The fourth-order valence-electron chi connectivity index (χ4n) is 1.66. The summed E-state index contributed by atoms with van der Waals surface area (Å²) in [5.74, 6) is 2.42. The molecule has 4 nitrogen and oxygen atoms in total. The van der Waals surface area contributed by atoms with Gasteiger partial charge in [0.05, 0.1) is 0 Å². The molecule has 0 N–H and O–H groups in total. The molecule has 0 atom stereocenters. The van der Waals surface area contributed by atoms with Gasteiger partial charge in [-0.2, -0.15) is 4.98 Å². The normalized spacial score (nSPS) is 19.1. The maximum absolute atomic E-state index is 5.19. The average Bonchev–Trinajstić information content (AvgIpc) is 2.68. The molecule has 0 aliphatic carbocycles. The second-order valence-electron chi connectivity index (χ2n) is 4.09. The third-order valence-electron chi connectivity index (χ3n) is 2.59. The lowest BCUT2D eigenvalue weighted by Gasteiger charge is -2.17. The van der Waals surface area contributed by atoms with E-state index in [2.05, 4.69) is 29.3 Å². The summed E-state index contributed by atoms with van der Waals surface area (Å²) in [5.41, 5.74) is 0. The molecule has 0 unspecified atom stereocenters. The van der Waals surface area contributed by atoms with Gasteiger partial charge in [-0.05, 0) is 12.8 Å². The molecule has 2 heterocycles. The van der Waals surface area contributed by atoms with Gasteiger partial charge in [-0.3, -0.25) is 0 Å². The van der Waals surface area contributed by atoms with Crippen LogP contribution in [0.1, 0.15) is 50.2 Å². The van der Waals surface area contributed by atoms with Crippen molar-refractivity contribution in [3.8, 4) is 0 Å². The van der Waals surface area contributed by atoms with E-state index in [1.54, 1.807) is 0 Å². The van der Waals surface area contributed by atoms with Crippen LogP contribution in [0.25, 0.3) is 0 Å². The Balaban J connectivity index is 2.07. The highest BCUT2D eigenvalue weighted by molar-refractivity contribution is 4.99. The van der Waals surface area contributed by atoms with Crippen molar-refractivity contribution in [1.82, 2.24) is 15.5 Å². The Morgan fingerprint density at radius 3 is 2.57 bits per heavy atom. The zero-order chi connectivity index (χ0) is 9.97. The van der Waals surface area contributed by atoms with Gasteiger partial charge in [0.2, 0.25) is 5.89 Å². The van der Waals surface area contributed by atoms with Crippen LogP contribution < -0.4 is 5.32 Å². The molecule has 1 radical (unpaired) electrons. The topological polar surface area (TPSA) is 53.0 Å².